The van der Waals surface area contributed by atoms with Crippen molar-refractivity contribution in [2.75, 3.05) is 11.4 Å². The van der Waals surface area contributed by atoms with Crippen molar-refractivity contribution in [3.63, 3.8) is 0 Å². The van der Waals surface area contributed by atoms with Gasteiger partial charge in [-0.1, -0.05) is 23.2 Å². The lowest BCUT2D eigenvalue weighted by atomic mass is 10.1. The van der Waals surface area contributed by atoms with Crippen LogP contribution in [0.15, 0.2) is 24.3 Å². The fourth-order valence-electron chi connectivity index (χ4n) is 2.47. The molecule has 2 aromatic carbocycles. The van der Waals surface area contributed by atoms with Gasteiger partial charge < -0.3 is 4.90 Å². The number of halogens is 3. The molecule has 0 aliphatic rings. The van der Waals surface area contributed by atoms with Crippen LogP contribution >= 0.6 is 23.2 Å². The molecule has 0 saturated heterocycles. The lowest BCUT2D eigenvalue weighted by molar-refractivity contribution is -0.402. The third-order valence-corrected chi connectivity index (χ3v) is 4.00. The number of nitrogens with zero attached hydrogens (tertiary/aromatic N) is 4. The predicted molar refractivity (Wildman–Crippen MR) is 95.5 cm³/mol. The number of anilines is 2. The second-order valence-corrected chi connectivity index (χ2v) is 5.91. The molecule has 27 heavy (non-hydrogen) atoms. The summed E-state index contributed by atoms with van der Waals surface area (Å²) < 4.78 is 14.4. The van der Waals surface area contributed by atoms with Crippen LogP contribution in [-0.2, 0) is 0 Å². The zero-order chi connectivity index (χ0) is 20.5. The molecule has 0 aliphatic carbocycles. The minimum Gasteiger partial charge on any atom is -0.327 e. The summed E-state index contributed by atoms with van der Waals surface area (Å²) in [4.78, 5) is 31.7. The van der Waals surface area contributed by atoms with Gasteiger partial charge in [-0.3, -0.25) is 30.3 Å². The van der Waals surface area contributed by atoms with Crippen LogP contribution in [0, 0.1) is 36.2 Å². The third-order valence-electron chi connectivity index (χ3n) is 3.50. The van der Waals surface area contributed by atoms with Crippen molar-refractivity contribution in [2.24, 2.45) is 0 Å². The van der Waals surface area contributed by atoms with E-state index in [9.17, 15) is 34.7 Å². The van der Waals surface area contributed by atoms with Crippen LogP contribution < -0.4 is 4.90 Å². The largest absolute Gasteiger partial charge is 0.327 e. The van der Waals surface area contributed by atoms with E-state index in [1.54, 1.807) is 0 Å². The summed E-state index contributed by atoms with van der Waals surface area (Å²) in [6.45, 7) is 1.27. The first-order chi connectivity index (χ1) is 12.6. The molecule has 2 rings (SSSR count). The van der Waals surface area contributed by atoms with Gasteiger partial charge in [0.1, 0.15) is 5.82 Å². The molecule has 0 heterocycles. The van der Waals surface area contributed by atoms with Gasteiger partial charge in [-0.25, -0.2) is 4.39 Å². The first-order valence-electron chi connectivity index (χ1n) is 7.11. The maximum atomic E-state index is 14.4. The zero-order valence-electron chi connectivity index (χ0n) is 13.4. The minimum absolute atomic E-state index is 0.0509. The fraction of sp³-hybridized carbons (Fsp3) is 0.143. The second-order valence-electron chi connectivity index (χ2n) is 5.07. The number of hydrogen-bond donors (Lipinski definition) is 0. The zero-order valence-corrected chi connectivity index (χ0v) is 14.9. The monoisotopic (exact) mass is 418 g/mol. The molecule has 0 spiro atoms. The van der Waals surface area contributed by atoms with Gasteiger partial charge >= 0.3 is 11.4 Å². The summed E-state index contributed by atoms with van der Waals surface area (Å²) in [6, 6.07) is 3.17. The van der Waals surface area contributed by atoms with Gasteiger partial charge in [-0.2, -0.15) is 0 Å². The van der Waals surface area contributed by atoms with Gasteiger partial charge in [-0.05, 0) is 19.1 Å². The van der Waals surface area contributed by atoms with Crippen LogP contribution in [0.25, 0.3) is 0 Å². The van der Waals surface area contributed by atoms with Crippen molar-refractivity contribution in [1.82, 2.24) is 0 Å². The van der Waals surface area contributed by atoms with Crippen LogP contribution in [0.2, 0.25) is 10.0 Å². The van der Waals surface area contributed by atoms with Crippen LogP contribution in [0.5, 0.6) is 0 Å². The van der Waals surface area contributed by atoms with Crippen molar-refractivity contribution >= 4 is 51.6 Å². The normalized spacial score (nSPS) is 10.5. The van der Waals surface area contributed by atoms with Gasteiger partial charge in [0.05, 0.1) is 37.6 Å². The Morgan fingerprint density at radius 3 is 1.81 bits per heavy atom. The van der Waals surface area contributed by atoms with E-state index in [2.05, 4.69) is 0 Å². The van der Waals surface area contributed by atoms with Gasteiger partial charge in [0.25, 0.3) is 5.69 Å². The van der Waals surface area contributed by atoms with E-state index in [0.717, 1.165) is 17.0 Å². The first kappa shape index (κ1) is 20.3. The van der Waals surface area contributed by atoms with Crippen molar-refractivity contribution in [3.8, 4) is 0 Å². The highest BCUT2D eigenvalue weighted by Crippen LogP contribution is 2.46. The Kier molecular flexibility index (Phi) is 5.76. The highest BCUT2D eigenvalue weighted by atomic mass is 35.5. The lowest BCUT2D eigenvalue weighted by Gasteiger charge is -2.24. The minimum atomic E-state index is -1.03. The van der Waals surface area contributed by atoms with E-state index in [1.807, 2.05) is 0 Å². The van der Waals surface area contributed by atoms with E-state index < -0.39 is 43.3 Å². The molecule has 10 nitrogen and oxygen atoms in total. The van der Waals surface area contributed by atoms with Crippen LogP contribution in [0.3, 0.4) is 0 Å². The van der Waals surface area contributed by atoms with E-state index in [1.165, 1.54) is 6.92 Å². The molecule has 13 heteroatoms. The molecule has 0 amide bonds. The number of nitro benzene ring substituents is 3. The van der Waals surface area contributed by atoms with Gasteiger partial charge in [-0.15, -0.1) is 0 Å². The SMILES string of the molecule is CCN(c1c(F)cc(Cl)cc1Cl)c1c([N+](=O)[O-])cc([N+](=O)[O-])cc1[N+](=O)[O-]. The molecular weight excluding hydrogens is 410 g/mol. The van der Waals surface area contributed by atoms with Crippen LogP contribution in [0.4, 0.5) is 32.8 Å². The topological polar surface area (TPSA) is 133 Å². The average Bonchev–Trinajstić information content (AvgIpc) is 2.56. The molecule has 142 valence electrons. The average molecular weight is 419 g/mol. The summed E-state index contributed by atoms with van der Waals surface area (Å²) in [5, 5.41) is 33.5. The Morgan fingerprint density at radius 1 is 0.926 bits per heavy atom. The maximum Gasteiger partial charge on any atom is 0.306 e. The number of non-ortho nitro benzene ring substituents is 1. The van der Waals surface area contributed by atoms with E-state index >= 15 is 0 Å². The van der Waals surface area contributed by atoms with Crippen molar-refractivity contribution < 1.29 is 19.2 Å². The third kappa shape index (κ3) is 3.88. The smallest absolute Gasteiger partial charge is 0.306 e. The number of nitro groups is 3. The Balaban J connectivity index is 2.91. The van der Waals surface area contributed by atoms with Crippen LogP contribution in [-0.4, -0.2) is 21.3 Å². The van der Waals surface area contributed by atoms with E-state index in [0.29, 0.717) is 12.1 Å². The van der Waals surface area contributed by atoms with Gasteiger partial charge in [0, 0.05) is 11.6 Å². The quantitative estimate of drug-likeness (QED) is 0.474. The van der Waals surface area contributed by atoms with E-state index in [-0.39, 0.29) is 22.3 Å². The highest BCUT2D eigenvalue weighted by Gasteiger charge is 2.35. The van der Waals surface area contributed by atoms with E-state index in [4.69, 9.17) is 23.2 Å². The molecular formula is C14H9Cl2FN4O6. The molecule has 0 unspecified atom stereocenters. The standard InChI is InChI=1S/C14H9Cl2FN4O6/c1-2-18(13-9(16)3-7(15)4-10(13)17)14-11(20(24)25)5-8(19(22)23)6-12(14)21(26)27/h3-6H,2H2,1H3. The van der Waals surface area contributed by atoms with Gasteiger partial charge in [0.15, 0.2) is 5.69 Å². The molecule has 0 aliphatic heterocycles. The Labute approximate surface area is 160 Å². The lowest BCUT2D eigenvalue weighted by Crippen LogP contribution is -2.21. The first-order valence-corrected chi connectivity index (χ1v) is 7.87. The molecule has 0 bridgehead atoms. The van der Waals surface area contributed by atoms with Crippen molar-refractivity contribution in [1.29, 1.82) is 0 Å². The highest BCUT2D eigenvalue weighted by molar-refractivity contribution is 6.36. The maximum absolute atomic E-state index is 14.4. The Bertz CT molecular complexity index is 913. The van der Waals surface area contributed by atoms with Crippen molar-refractivity contribution in [3.05, 3.63) is 70.5 Å². The van der Waals surface area contributed by atoms with Crippen LogP contribution in [0.1, 0.15) is 6.92 Å². The fourth-order valence-corrected chi connectivity index (χ4v) is 3.04. The molecule has 0 saturated carbocycles. The summed E-state index contributed by atoms with van der Waals surface area (Å²) >= 11 is 11.7. The molecule has 0 atom stereocenters. The molecule has 0 radical (unpaired) electrons. The number of rotatable bonds is 6. The molecule has 2 aromatic rings. The Hall–Kier alpha value is -3.05. The molecule has 0 N–H and O–H groups in total. The predicted octanol–water partition coefficient (Wildman–Crippen LogP) is 5.02. The summed E-state index contributed by atoms with van der Waals surface area (Å²) in [6.07, 6.45) is 0. The Morgan fingerprint density at radius 2 is 1.44 bits per heavy atom. The molecule has 0 aromatic heterocycles. The number of benzene rings is 2. The number of hydrogen-bond acceptors (Lipinski definition) is 7. The summed E-state index contributed by atoms with van der Waals surface area (Å²) in [5.74, 6) is -0.976. The summed E-state index contributed by atoms with van der Waals surface area (Å²) in [5.41, 5.74) is -3.76. The second kappa shape index (κ2) is 7.68. The van der Waals surface area contributed by atoms with Crippen molar-refractivity contribution in [2.45, 2.75) is 6.92 Å². The molecule has 0 fully saturated rings. The summed E-state index contributed by atoms with van der Waals surface area (Å²) in [7, 11) is 0. The van der Waals surface area contributed by atoms with Gasteiger partial charge in [0.2, 0.25) is 0 Å².